The molecule has 0 heterocycles. The molecule has 1 atom stereocenters. The van der Waals surface area contributed by atoms with E-state index in [9.17, 15) is 5.11 Å². The van der Waals surface area contributed by atoms with Crippen LogP contribution in [0.3, 0.4) is 0 Å². The lowest BCUT2D eigenvalue weighted by molar-refractivity contribution is -0.873. The molecule has 10 heavy (non-hydrogen) atoms. The molecule has 0 saturated carbocycles. The highest BCUT2D eigenvalue weighted by Crippen LogP contribution is 1.97. The molecule has 3 heteroatoms. The third-order valence-electron chi connectivity index (χ3n) is 1.26. The van der Waals surface area contributed by atoms with Crippen molar-refractivity contribution >= 4 is 0 Å². The second kappa shape index (κ2) is 3.91. The lowest BCUT2D eigenvalue weighted by Crippen LogP contribution is -2.41. The molecule has 0 amide bonds. The zero-order valence-corrected chi connectivity index (χ0v) is 7.17. The fourth-order valence-corrected chi connectivity index (χ4v) is 0.916. The van der Waals surface area contributed by atoms with Crippen molar-refractivity contribution in [2.24, 2.45) is 5.73 Å². The van der Waals surface area contributed by atoms with Gasteiger partial charge < -0.3 is 15.3 Å². The van der Waals surface area contributed by atoms with Gasteiger partial charge in [-0.05, 0) is 13.0 Å². The molecule has 0 bridgehead atoms. The molecule has 0 aromatic rings. The number of hydrogen-bond acceptors (Lipinski definition) is 2. The molecule has 0 rings (SSSR count). The van der Waals surface area contributed by atoms with E-state index in [1.165, 1.54) is 0 Å². The van der Waals surface area contributed by atoms with Crippen molar-refractivity contribution in [3.05, 3.63) is 0 Å². The summed E-state index contributed by atoms with van der Waals surface area (Å²) in [6.07, 6.45) is 0.459. The van der Waals surface area contributed by atoms with Crippen molar-refractivity contribution < 1.29 is 9.59 Å². The Morgan fingerprint density at radius 2 is 1.90 bits per heavy atom. The molecule has 0 saturated heterocycles. The van der Waals surface area contributed by atoms with Crippen molar-refractivity contribution in [3.63, 3.8) is 0 Å². The predicted molar refractivity (Wildman–Crippen MR) is 42.6 cm³/mol. The van der Waals surface area contributed by atoms with Gasteiger partial charge in [-0.25, -0.2) is 0 Å². The van der Waals surface area contributed by atoms with E-state index in [0.29, 0.717) is 13.0 Å². The summed E-state index contributed by atoms with van der Waals surface area (Å²) in [6.45, 7) is 1.35. The summed E-state index contributed by atoms with van der Waals surface area (Å²) < 4.78 is 0.793. The summed E-state index contributed by atoms with van der Waals surface area (Å²) in [4.78, 5) is 0. The quantitative estimate of drug-likeness (QED) is 0.522. The van der Waals surface area contributed by atoms with Crippen LogP contribution >= 0.6 is 0 Å². The zero-order valence-electron chi connectivity index (χ0n) is 7.17. The van der Waals surface area contributed by atoms with Crippen LogP contribution in [0.1, 0.15) is 6.42 Å². The first-order valence-corrected chi connectivity index (χ1v) is 3.64. The van der Waals surface area contributed by atoms with Gasteiger partial charge in [0.2, 0.25) is 0 Å². The maximum absolute atomic E-state index is 9.29. The van der Waals surface area contributed by atoms with Gasteiger partial charge in [0.05, 0.1) is 21.1 Å². The van der Waals surface area contributed by atoms with Crippen LogP contribution < -0.4 is 5.73 Å². The molecule has 0 aliphatic carbocycles. The maximum atomic E-state index is 9.29. The van der Waals surface area contributed by atoms with Crippen molar-refractivity contribution in [1.29, 1.82) is 0 Å². The molecular formula is C7H19N2O+. The van der Waals surface area contributed by atoms with Crippen molar-refractivity contribution in [2.45, 2.75) is 12.5 Å². The number of quaternary nitrogens is 1. The first-order chi connectivity index (χ1) is 4.45. The number of rotatable bonds is 4. The number of likely N-dealkylation sites (N-methyl/N-ethyl adjacent to an activating group) is 1. The number of aliphatic hydroxyl groups excluding tert-OH is 1. The van der Waals surface area contributed by atoms with Gasteiger partial charge in [-0.15, -0.1) is 0 Å². The van der Waals surface area contributed by atoms with Gasteiger partial charge >= 0.3 is 0 Å². The third-order valence-corrected chi connectivity index (χ3v) is 1.26. The van der Waals surface area contributed by atoms with E-state index in [1.807, 2.05) is 0 Å². The SMILES string of the molecule is C[N+](C)(C)C[C@@H](O)CCN. The average Bonchev–Trinajstić information content (AvgIpc) is 1.59. The van der Waals surface area contributed by atoms with Gasteiger partial charge in [0.1, 0.15) is 12.6 Å². The van der Waals surface area contributed by atoms with Gasteiger partial charge in [-0.3, -0.25) is 0 Å². The zero-order chi connectivity index (χ0) is 8.20. The topological polar surface area (TPSA) is 46.2 Å². The fraction of sp³-hybridized carbons (Fsp3) is 1.00. The van der Waals surface area contributed by atoms with E-state index in [1.54, 1.807) is 0 Å². The Kier molecular flexibility index (Phi) is 3.86. The smallest absolute Gasteiger partial charge is 0.104 e. The number of nitrogens with two attached hydrogens (primary N) is 1. The van der Waals surface area contributed by atoms with Crippen LogP contribution in [0.4, 0.5) is 0 Å². The molecular weight excluding hydrogens is 128 g/mol. The van der Waals surface area contributed by atoms with Crippen LogP contribution in [0.2, 0.25) is 0 Å². The highest BCUT2D eigenvalue weighted by molar-refractivity contribution is 4.52. The van der Waals surface area contributed by atoms with Crippen LogP contribution in [-0.2, 0) is 0 Å². The Bertz CT molecular complexity index is 88.1. The summed E-state index contributed by atoms with van der Waals surface area (Å²) >= 11 is 0. The lowest BCUT2D eigenvalue weighted by atomic mass is 10.2. The van der Waals surface area contributed by atoms with Crippen molar-refractivity contribution in [3.8, 4) is 0 Å². The molecule has 0 aromatic carbocycles. The highest BCUT2D eigenvalue weighted by Gasteiger charge is 2.13. The second-order valence-corrected chi connectivity index (χ2v) is 3.70. The molecule has 3 N–H and O–H groups in total. The normalized spacial score (nSPS) is 15.3. The van der Waals surface area contributed by atoms with Crippen LogP contribution in [0.15, 0.2) is 0 Å². The van der Waals surface area contributed by atoms with Crippen LogP contribution in [-0.4, -0.2) is 49.9 Å². The molecule has 0 aliphatic heterocycles. The van der Waals surface area contributed by atoms with Gasteiger partial charge in [0.15, 0.2) is 0 Å². The van der Waals surface area contributed by atoms with Gasteiger partial charge in [-0.1, -0.05) is 0 Å². The van der Waals surface area contributed by atoms with Crippen LogP contribution in [0.5, 0.6) is 0 Å². The lowest BCUT2D eigenvalue weighted by Gasteiger charge is -2.26. The van der Waals surface area contributed by atoms with E-state index in [0.717, 1.165) is 11.0 Å². The minimum atomic E-state index is -0.245. The van der Waals surface area contributed by atoms with Gasteiger partial charge in [0, 0.05) is 0 Å². The summed E-state index contributed by atoms with van der Waals surface area (Å²) in [5, 5.41) is 9.29. The largest absolute Gasteiger partial charge is 0.387 e. The van der Waals surface area contributed by atoms with Crippen molar-refractivity contribution in [1.82, 2.24) is 0 Å². The minimum Gasteiger partial charge on any atom is -0.387 e. The average molecular weight is 147 g/mol. The Balaban J connectivity index is 3.47. The maximum Gasteiger partial charge on any atom is 0.104 e. The van der Waals surface area contributed by atoms with Gasteiger partial charge in [0.25, 0.3) is 0 Å². The molecule has 0 unspecified atom stereocenters. The van der Waals surface area contributed by atoms with E-state index < -0.39 is 0 Å². The van der Waals surface area contributed by atoms with Gasteiger partial charge in [-0.2, -0.15) is 0 Å². The molecule has 0 aromatic heterocycles. The van der Waals surface area contributed by atoms with E-state index in [2.05, 4.69) is 21.1 Å². The van der Waals surface area contributed by atoms with Crippen LogP contribution in [0, 0.1) is 0 Å². The van der Waals surface area contributed by atoms with Crippen LogP contribution in [0.25, 0.3) is 0 Å². The molecule has 0 radical (unpaired) electrons. The standard InChI is InChI=1S/C7H19N2O/c1-9(2,3)6-7(10)4-5-8/h7,10H,4-6,8H2,1-3H3/q+1/t7-/m0/s1. The van der Waals surface area contributed by atoms with E-state index in [4.69, 9.17) is 5.73 Å². The molecule has 62 valence electrons. The monoisotopic (exact) mass is 147 g/mol. The Hall–Kier alpha value is -0.120. The highest BCUT2D eigenvalue weighted by atomic mass is 16.3. The summed E-state index contributed by atoms with van der Waals surface area (Å²) in [7, 11) is 6.17. The van der Waals surface area contributed by atoms with E-state index >= 15 is 0 Å². The fourth-order valence-electron chi connectivity index (χ4n) is 0.916. The Morgan fingerprint density at radius 3 is 2.20 bits per heavy atom. The third kappa shape index (κ3) is 6.01. The molecule has 3 nitrogen and oxygen atoms in total. The summed E-state index contributed by atoms with van der Waals surface area (Å²) in [5.41, 5.74) is 5.28. The predicted octanol–water partition coefficient (Wildman–Crippen LogP) is -0.598. The number of hydrogen-bond donors (Lipinski definition) is 2. The summed E-state index contributed by atoms with van der Waals surface area (Å²) in [6, 6.07) is 0. The van der Waals surface area contributed by atoms with E-state index in [-0.39, 0.29) is 6.10 Å². The first-order valence-electron chi connectivity index (χ1n) is 3.64. The first kappa shape index (κ1) is 9.88. The number of aliphatic hydroxyl groups is 1. The number of nitrogens with zero attached hydrogens (tertiary/aromatic N) is 1. The molecule has 0 aliphatic rings. The second-order valence-electron chi connectivity index (χ2n) is 3.70. The minimum absolute atomic E-state index is 0.245. The van der Waals surface area contributed by atoms with Crippen molar-refractivity contribution in [2.75, 3.05) is 34.2 Å². The summed E-state index contributed by atoms with van der Waals surface area (Å²) in [5.74, 6) is 0. The molecule has 0 fully saturated rings. The Morgan fingerprint density at radius 1 is 1.40 bits per heavy atom. The Labute approximate surface area is 63.0 Å². The molecule has 0 spiro atoms.